The van der Waals surface area contributed by atoms with E-state index in [4.69, 9.17) is 9.68 Å². The summed E-state index contributed by atoms with van der Waals surface area (Å²) >= 11 is 0. The maximum absolute atomic E-state index is 10.1. The third-order valence-electron chi connectivity index (χ3n) is 3.60. The van der Waals surface area contributed by atoms with E-state index in [1.54, 1.807) is 12.3 Å². The van der Waals surface area contributed by atoms with Crippen molar-refractivity contribution < 1.29 is 9.52 Å². The Morgan fingerprint density at radius 3 is 3.22 bits per heavy atom. The van der Waals surface area contributed by atoms with Gasteiger partial charge in [0.2, 0.25) is 0 Å². The number of furan rings is 1. The molecular formula is C14H20N2O2. The molecule has 1 aromatic rings. The molecule has 1 fully saturated rings. The Labute approximate surface area is 108 Å². The number of hydrogen-bond acceptors (Lipinski definition) is 4. The van der Waals surface area contributed by atoms with Crippen LogP contribution in [0.2, 0.25) is 0 Å². The van der Waals surface area contributed by atoms with E-state index in [9.17, 15) is 5.11 Å². The number of rotatable bonds is 6. The fourth-order valence-corrected chi connectivity index (χ4v) is 2.67. The van der Waals surface area contributed by atoms with Gasteiger partial charge in [0, 0.05) is 12.5 Å². The topological polar surface area (TPSA) is 60.4 Å². The third kappa shape index (κ3) is 3.34. The maximum atomic E-state index is 10.1. The highest BCUT2D eigenvalue weighted by Crippen LogP contribution is 2.27. The largest absolute Gasteiger partial charge is 0.467 e. The Balaban J connectivity index is 1.82. The first-order chi connectivity index (χ1) is 8.81. The van der Waals surface area contributed by atoms with Crippen LogP contribution in [-0.2, 0) is 0 Å². The molecule has 1 aliphatic rings. The van der Waals surface area contributed by atoms with Crippen molar-refractivity contribution in [1.29, 1.82) is 5.26 Å². The molecule has 0 bridgehead atoms. The summed E-state index contributed by atoms with van der Waals surface area (Å²) in [6.45, 7) is 2.05. The van der Waals surface area contributed by atoms with Gasteiger partial charge in [0.1, 0.15) is 11.9 Å². The van der Waals surface area contributed by atoms with Gasteiger partial charge < -0.3 is 14.4 Å². The first-order valence-corrected chi connectivity index (χ1v) is 6.63. The van der Waals surface area contributed by atoms with Crippen LogP contribution < -0.4 is 0 Å². The van der Waals surface area contributed by atoms with Gasteiger partial charge in [-0.25, -0.2) is 0 Å². The zero-order valence-corrected chi connectivity index (χ0v) is 10.6. The maximum Gasteiger partial charge on any atom is 0.132 e. The van der Waals surface area contributed by atoms with Crippen molar-refractivity contribution in [2.75, 3.05) is 13.1 Å². The van der Waals surface area contributed by atoms with E-state index in [2.05, 4.69) is 11.0 Å². The minimum Gasteiger partial charge on any atom is -0.467 e. The minimum atomic E-state index is -0.512. The van der Waals surface area contributed by atoms with Gasteiger partial charge in [0.15, 0.2) is 0 Å². The van der Waals surface area contributed by atoms with Gasteiger partial charge in [-0.15, -0.1) is 0 Å². The van der Waals surface area contributed by atoms with E-state index in [-0.39, 0.29) is 0 Å². The van der Waals surface area contributed by atoms with E-state index in [0.29, 0.717) is 18.2 Å². The second-order valence-corrected chi connectivity index (χ2v) is 4.86. The van der Waals surface area contributed by atoms with Crippen LogP contribution in [0.3, 0.4) is 0 Å². The molecule has 18 heavy (non-hydrogen) atoms. The molecule has 1 aromatic heterocycles. The monoisotopic (exact) mass is 248 g/mol. The van der Waals surface area contributed by atoms with E-state index in [1.165, 1.54) is 6.42 Å². The average molecular weight is 248 g/mol. The molecule has 4 heteroatoms. The Bertz CT molecular complexity index is 383. The molecule has 0 spiro atoms. The van der Waals surface area contributed by atoms with Crippen LogP contribution in [0.25, 0.3) is 0 Å². The molecule has 0 aromatic carbocycles. The highest BCUT2D eigenvalue weighted by Gasteiger charge is 2.27. The van der Waals surface area contributed by atoms with Crippen molar-refractivity contribution in [2.45, 2.75) is 44.2 Å². The summed E-state index contributed by atoms with van der Waals surface area (Å²) in [5, 5.41) is 18.6. The predicted molar refractivity (Wildman–Crippen MR) is 67.7 cm³/mol. The second-order valence-electron chi connectivity index (χ2n) is 4.86. The zero-order chi connectivity index (χ0) is 12.8. The van der Waals surface area contributed by atoms with Crippen LogP contribution in [0.5, 0.6) is 0 Å². The van der Waals surface area contributed by atoms with Crippen LogP contribution in [0.1, 0.15) is 44.0 Å². The van der Waals surface area contributed by atoms with Crippen LogP contribution in [0, 0.1) is 11.3 Å². The fourth-order valence-electron chi connectivity index (χ4n) is 2.67. The molecule has 2 heterocycles. The number of aliphatic hydroxyl groups excluding tert-OH is 1. The van der Waals surface area contributed by atoms with Crippen LogP contribution in [0.4, 0.5) is 0 Å². The van der Waals surface area contributed by atoms with Crippen molar-refractivity contribution >= 4 is 0 Å². The molecule has 0 amide bonds. The van der Waals surface area contributed by atoms with E-state index in [1.807, 2.05) is 6.07 Å². The van der Waals surface area contributed by atoms with Gasteiger partial charge in [0.25, 0.3) is 0 Å². The quantitative estimate of drug-likeness (QED) is 0.786. The summed E-state index contributed by atoms with van der Waals surface area (Å²) in [6.07, 6.45) is 5.65. The lowest BCUT2D eigenvalue weighted by molar-refractivity contribution is 0.101. The van der Waals surface area contributed by atoms with Crippen molar-refractivity contribution in [3.05, 3.63) is 24.2 Å². The normalized spacial score (nSPS) is 21.9. The summed E-state index contributed by atoms with van der Waals surface area (Å²) in [4.78, 5) is 2.39. The Kier molecular flexibility index (Phi) is 4.80. The molecule has 0 aliphatic carbocycles. The molecule has 98 valence electrons. The van der Waals surface area contributed by atoms with Crippen molar-refractivity contribution in [2.24, 2.45) is 0 Å². The molecule has 1 N–H and O–H groups in total. The predicted octanol–water partition coefficient (Wildman–Crippen LogP) is 2.47. The molecule has 4 nitrogen and oxygen atoms in total. The molecule has 1 saturated heterocycles. The number of likely N-dealkylation sites (tertiary alicyclic amines) is 1. The lowest BCUT2D eigenvalue weighted by Gasteiger charge is -2.25. The van der Waals surface area contributed by atoms with Gasteiger partial charge >= 0.3 is 0 Å². The fraction of sp³-hybridized carbons (Fsp3) is 0.643. The molecule has 2 atom stereocenters. The first kappa shape index (κ1) is 13.1. The standard InChI is InChI=1S/C14H20N2O2/c15-7-1-2-8-16-9-3-5-12(16)11-13(17)14-6-4-10-18-14/h4,6,10,12-13,17H,1-3,5,8-9,11H2. The van der Waals surface area contributed by atoms with Gasteiger partial charge in [-0.2, -0.15) is 5.26 Å². The number of nitriles is 1. The highest BCUT2D eigenvalue weighted by atomic mass is 16.4. The van der Waals surface area contributed by atoms with E-state index < -0.39 is 6.10 Å². The number of aliphatic hydroxyl groups is 1. The van der Waals surface area contributed by atoms with E-state index in [0.717, 1.165) is 32.4 Å². The van der Waals surface area contributed by atoms with Crippen molar-refractivity contribution in [3.63, 3.8) is 0 Å². The van der Waals surface area contributed by atoms with Gasteiger partial charge in [-0.05, 0) is 50.9 Å². The average Bonchev–Trinajstić information content (AvgIpc) is 3.01. The Morgan fingerprint density at radius 1 is 1.61 bits per heavy atom. The SMILES string of the molecule is N#CCCCN1CCCC1CC(O)c1ccco1. The van der Waals surface area contributed by atoms with E-state index >= 15 is 0 Å². The smallest absolute Gasteiger partial charge is 0.132 e. The third-order valence-corrected chi connectivity index (χ3v) is 3.60. The Morgan fingerprint density at radius 2 is 2.50 bits per heavy atom. The zero-order valence-electron chi connectivity index (χ0n) is 10.6. The number of nitrogens with zero attached hydrogens (tertiary/aromatic N) is 2. The first-order valence-electron chi connectivity index (χ1n) is 6.63. The number of unbranched alkanes of at least 4 members (excludes halogenated alkanes) is 1. The molecule has 0 saturated carbocycles. The summed E-state index contributed by atoms with van der Waals surface area (Å²) in [6, 6.07) is 6.22. The van der Waals surface area contributed by atoms with Crippen molar-refractivity contribution in [3.8, 4) is 6.07 Å². The molecule has 2 rings (SSSR count). The highest BCUT2D eigenvalue weighted by molar-refractivity contribution is 5.02. The minimum absolute atomic E-state index is 0.420. The van der Waals surface area contributed by atoms with Gasteiger partial charge in [-0.1, -0.05) is 0 Å². The van der Waals surface area contributed by atoms with Crippen molar-refractivity contribution in [1.82, 2.24) is 4.90 Å². The summed E-state index contributed by atoms with van der Waals surface area (Å²) in [7, 11) is 0. The summed E-state index contributed by atoms with van der Waals surface area (Å²) in [5.74, 6) is 0.652. The molecule has 0 radical (unpaired) electrons. The van der Waals surface area contributed by atoms with Gasteiger partial charge in [0.05, 0.1) is 12.3 Å². The molecule has 2 unspecified atom stereocenters. The Hall–Kier alpha value is -1.31. The summed E-state index contributed by atoms with van der Waals surface area (Å²) < 4.78 is 5.23. The second kappa shape index (κ2) is 6.58. The molecular weight excluding hydrogens is 228 g/mol. The van der Waals surface area contributed by atoms with Crippen LogP contribution in [-0.4, -0.2) is 29.1 Å². The van der Waals surface area contributed by atoms with Crippen LogP contribution in [0.15, 0.2) is 22.8 Å². The summed E-state index contributed by atoms with van der Waals surface area (Å²) in [5.41, 5.74) is 0. The lowest BCUT2D eigenvalue weighted by atomic mass is 10.0. The lowest BCUT2D eigenvalue weighted by Crippen LogP contribution is -2.31. The van der Waals surface area contributed by atoms with Crippen LogP contribution >= 0.6 is 0 Å². The number of hydrogen-bond donors (Lipinski definition) is 1. The van der Waals surface area contributed by atoms with Gasteiger partial charge in [-0.3, -0.25) is 0 Å². The molecule has 1 aliphatic heterocycles.